The second-order valence-corrected chi connectivity index (χ2v) is 9.52. The van der Waals surface area contributed by atoms with E-state index < -0.39 is 0 Å². The molecule has 1 aliphatic carbocycles. The van der Waals surface area contributed by atoms with Crippen molar-refractivity contribution < 1.29 is 14.1 Å². The van der Waals surface area contributed by atoms with E-state index in [1.165, 1.54) is 11.1 Å². The molecule has 0 radical (unpaired) electrons. The van der Waals surface area contributed by atoms with E-state index in [-0.39, 0.29) is 17.9 Å². The second-order valence-electron chi connectivity index (χ2n) is 9.09. The SMILES string of the molecule is COc1ccc2c(c1)CCCC2NC(=O)C1CCN(Cc2nc(-c3ccc(Cl)cc3)no2)CC1. The van der Waals surface area contributed by atoms with Crippen LogP contribution in [0.5, 0.6) is 5.75 Å². The fraction of sp³-hybridized carbons (Fsp3) is 0.423. The van der Waals surface area contributed by atoms with Gasteiger partial charge in [-0.05, 0) is 92.7 Å². The van der Waals surface area contributed by atoms with Gasteiger partial charge in [0.15, 0.2) is 0 Å². The summed E-state index contributed by atoms with van der Waals surface area (Å²) in [6.45, 7) is 2.25. The third-order valence-electron chi connectivity index (χ3n) is 6.87. The molecule has 1 aliphatic heterocycles. The van der Waals surface area contributed by atoms with Crippen molar-refractivity contribution in [2.75, 3.05) is 20.2 Å². The molecule has 1 fully saturated rings. The van der Waals surface area contributed by atoms with Gasteiger partial charge in [0.1, 0.15) is 5.75 Å². The highest BCUT2D eigenvalue weighted by molar-refractivity contribution is 6.30. The van der Waals surface area contributed by atoms with Crippen LogP contribution in [0.15, 0.2) is 47.0 Å². The zero-order chi connectivity index (χ0) is 23.5. The summed E-state index contributed by atoms with van der Waals surface area (Å²) in [5, 5.41) is 8.09. The van der Waals surface area contributed by atoms with Gasteiger partial charge in [-0.25, -0.2) is 0 Å². The zero-order valence-corrected chi connectivity index (χ0v) is 20.1. The number of rotatable bonds is 6. The van der Waals surface area contributed by atoms with Crippen LogP contribution in [0.3, 0.4) is 0 Å². The molecule has 34 heavy (non-hydrogen) atoms. The lowest BCUT2D eigenvalue weighted by Gasteiger charge is -2.32. The second kappa shape index (κ2) is 10.2. The number of halogens is 1. The summed E-state index contributed by atoms with van der Waals surface area (Å²) < 4.78 is 10.8. The quantitative estimate of drug-likeness (QED) is 0.545. The number of aryl methyl sites for hydroxylation is 1. The summed E-state index contributed by atoms with van der Waals surface area (Å²) in [5.41, 5.74) is 3.38. The molecule has 1 unspecified atom stereocenters. The average molecular weight is 481 g/mol. The first-order valence-electron chi connectivity index (χ1n) is 11.9. The van der Waals surface area contributed by atoms with Crippen LogP contribution in [-0.2, 0) is 17.8 Å². The third kappa shape index (κ3) is 5.10. The topological polar surface area (TPSA) is 80.5 Å². The minimum Gasteiger partial charge on any atom is -0.497 e. The molecule has 1 atom stereocenters. The van der Waals surface area contributed by atoms with Crippen molar-refractivity contribution in [3.05, 3.63) is 64.5 Å². The number of methoxy groups -OCH3 is 1. The lowest BCUT2D eigenvalue weighted by Crippen LogP contribution is -2.41. The molecule has 1 saturated heterocycles. The van der Waals surface area contributed by atoms with Crippen molar-refractivity contribution in [3.8, 4) is 17.1 Å². The van der Waals surface area contributed by atoms with Gasteiger partial charge in [0, 0.05) is 16.5 Å². The first kappa shape index (κ1) is 22.9. The predicted octanol–water partition coefficient (Wildman–Crippen LogP) is 4.80. The summed E-state index contributed by atoms with van der Waals surface area (Å²) in [5.74, 6) is 2.22. The lowest BCUT2D eigenvalue weighted by molar-refractivity contribution is -0.127. The number of carbonyl (C=O) groups excluding carboxylic acids is 1. The highest BCUT2D eigenvalue weighted by atomic mass is 35.5. The molecule has 2 heterocycles. The highest BCUT2D eigenvalue weighted by Gasteiger charge is 2.29. The minimum atomic E-state index is 0.0344. The van der Waals surface area contributed by atoms with Crippen LogP contribution in [0.2, 0.25) is 5.02 Å². The Kier molecular flexibility index (Phi) is 6.83. The molecule has 2 aromatic carbocycles. The standard InChI is InChI=1S/C26H29ClN4O3/c1-33-21-9-10-22-19(15-21)3-2-4-23(22)28-26(32)18-11-13-31(14-12-18)16-24-29-25(30-34-24)17-5-7-20(27)8-6-17/h5-10,15,18,23H,2-4,11-14,16H2,1H3,(H,28,32). The Morgan fingerprint density at radius 1 is 1.18 bits per heavy atom. The van der Waals surface area contributed by atoms with Crippen molar-refractivity contribution in [3.63, 3.8) is 0 Å². The van der Waals surface area contributed by atoms with Gasteiger partial charge in [-0.3, -0.25) is 9.69 Å². The van der Waals surface area contributed by atoms with E-state index in [1.54, 1.807) is 7.11 Å². The maximum absolute atomic E-state index is 13.0. The highest BCUT2D eigenvalue weighted by Crippen LogP contribution is 2.33. The van der Waals surface area contributed by atoms with Gasteiger partial charge in [-0.15, -0.1) is 0 Å². The van der Waals surface area contributed by atoms with Gasteiger partial charge < -0.3 is 14.6 Å². The fourth-order valence-electron chi connectivity index (χ4n) is 4.94. The Morgan fingerprint density at radius 2 is 1.97 bits per heavy atom. The molecular weight excluding hydrogens is 452 g/mol. The minimum absolute atomic E-state index is 0.0344. The molecule has 1 N–H and O–H groups in total. The van der Waals surface area contributed by atoms with Gasteiger partial charge in [-0.2, -0.15) is 4.98 Å². The van der Waals surface area contributed by atoms with E-state index in [9.17, 15) is 4.79 Å². The third-order valence-corrected chi connectivity index (χ3v) is 7.12. The van der Waals surface area contributed by atoms with E-state index in [4.69, 9.17) is 20.9 Å². The fourth-order valence-corrected chi connectivity index (χ4v) is 5.06. The number of amides is 1. The van der Waals surface area contributed by atoms with Crippen molar-refractivity contribution >= 4 is 17.5 Å². The molecule has 1 aromatic heterocycles. The smallest absolute Gasteiger partial charge is 0.241 e. The molecule has 0 bridgehead atoms. The molecule has 7 nitrogen and oxygen atoms in total. The summed E-state index contributed by atoms with van der Waals surface area (Å²) in [4.78, 5) is 19.8. The molecule has 3 aromatic rings. The molecule has 178 valence electrons. The molecule has 1 amide bonds. The van der Waals surface area contributed by atoms with Crippen molar-refractivity contribution in [1.82, 2.24) is 20.4 Å². The number of hydrogen-bond acceptors (Lipinski definition) is 6. The first-order valence-corrected chi connectivity index (χ1v) is 12.2. The Bertz CT molecular complexity index is 1140. The molecular formula is C26H29ClN4O3. The molecule has 0 saturated carbocycles. The Hall–Kier alpha value is -2.90. The van der Waals surface area contributed by atoms with Crippen LogP contribution in [-0.4, -0.2) is 41.1 Å². The van der Waals surface area contributed by atoms with Crippen LogP contribution in [0.4, 0.5) is 0 Å². The Labute approximate surface area is 204 Å². The molecule has 0 spiro atoms. The van der Waals surface area contributed by atoms with Crippen molar-refractivity contribution in [2.45, 2.75) is 44.7 Å². The lowest BCUT2D eigenvalue weighted by atomic mass is 9.86. The van der Waals surface area contributed by atoms with Crippen molar-refractivity contribution in [2.24, 2.45) is 5.92 Å². The van der Waals surface area contributed by atoms with E-state index in [2.05, 4.69) is 32.5 Å². The number of piperidine rings is 1. The van der Waals surface area contributed by atoms with Crippen LogP contribution < -0.4 is 10.1 Å². The van der Waals surface area contributed by atoms with E-state index in [1.807, 2.05) is 30.3 Å². The van der Waals surface area contributed by atoms with Gasteiger partial charge in [0.2, 0.25) is 17.6 Å². The monoisotopic (exact) mass is 480 g/mol. The number of benzene rings is 2. The number of carbonyl (C=O) groups is 1. The first-order chi connectivity index (χ1) is 16.6. The number of fused-ring (bicyclic) bond motifs is 1. The van der Waals surface area contributed by atoms with Crippen molar-refractivity contribution in [1.29, 1.82) is 0 Å². The van der Waals surface area contributed by atoms with Gasteiger partial charge in [0.25, 0.3) is 0 Å². The van der Waals surface area contributed by atoms with E-state index in [0.29, 0.717) is 23.3 Å². The molecule has 5 rings (SSSR count). The number of likely N-dealkylation sites (tertiary alicyclic amines) is 1. The number of ether oxygens (including phenoxy) is 1. The van der Waals surface area contributed by atoms with Crippen LogP contribution in [0.25, 0.3) is 11.4 Å². The Balaban J connectivity index is 1.13. The van der Waals surface area contributed by atoms with Gasteiger partial charge in [-0.1, -0.05) is 22.8 Å². The average Bonchev–Trinajstić information content (AvgIpc) is 3.33. The van der Waals surface area contributed by atoms with Gasteiger partial charge in [0.05, 0.1) is 19.7 Å². The van der Waals surface area contributed by atoms with E-state index in [0.717, 1.165) is 56.5 Å². The Morgan fingerprint density at radius 3 is 2.74 bits per heavy atom. The summed E-state index contributed by atoms with van der Waals surface area (Å²) in [6, 6.07) is 13.6. The maximum atomic E-state index is 13.0. The summed E-state index contributed by atoms with van der Waals surface area (Å²) >= 11 is 5.95. The predicted molar refractivity (Wildman–Crippen MR) is 130 cm³/mol. The maximum Gasteiger partial charge on any atom is 0.241 e. The number of nitrogens with zero attached hydrogens (tertiary/aromatic N) is 3. The van der Waals surface area contributed by atoms with Crippen LogP contribution in [0, 0.1) is 5.92 Å². The summed E-state index contributed by atoms with van der Waals surface area (Å²) in [7, 11) is 1.69. The van der Waals surface area contributed by atoms with E-state index >= 15 is 0 Å². The largest absolute Gasteiger partial charge is 0.497 e. The molecule has 2 aliphatic rings. The molecule has 8 heteroatoms. The number of hydrogen-bond donors (Lipinski definition) is 1. The van der Waals surface area contributed by atoms with Gasteiger partial charge >= 0.3 is 0 Å². The number of nitrogens with one attached hydrogen (secondary N) is 1. The zero-order valence-electron chi connectivity index (χ0n) is 19.3. The number of aromatic nitrogens is 2. The summed E-state index contributed by atoms with van der Waals surface area (Å²) in [6.07, 6.45) is 4.74. The normalized spacial score (nSPS) is 18.9. The van der Waals surface area contributed by atoms with Crippen LogP contribution in [0.1, 0.15) is 48.7 Å². The van der Waals surface area contributed by atoms with Crippen LogP contribution >= 0.6 is 11.6 Å².